The Morgan fingerprint density at radius 3 is 1.09 bits per heavy atom. The lowest BCUT2D eigenvalue weighted by Gasteiger charge is -2.06. The molecule has 0 aromatic carbocycles. The fourth-order valence-corrected chi connectivity index (χ4v) is 1.66. The average Bonchev–Trinajstić information content (AvgIpc) is 2.46. The first kappa shape index (κ1) is 20.9. The minimum absolute atomic E-state index is 0.229. The summed E-state index contributed by atoms with van der Waals surface area (Å²) in [5, 5.41) is 0. The lowest BCUT2D eigenvalue weighted by molar-refractivity contribution is -0.142. The molecule has 0 rings (SSSR count). The second kappa shape index (κ2) is 16.2. The summed E-state index contributed by atoms with van der Waals surface area (Å²) in [6, 6.07) is 0. The first-order valence-electron chi connectivity index (χ1n) is 8.05. The van der Waals surface area contributed by atoms with Crippen molar-refractivity contribution in [3.05, 3.63) is 0 Å². The summed E-state index contributed by atoms with van der Waals surface area (Å²) < 4.78 is 20.6. The van der Waals surface area contributed by atoms with Crippen LogP contribution in [-0.4, -0.2) is 51.6 Å². The zero-order valence-corrected chi connectivity index (χ0v) is 13.9. The van der Waals surface area contributed by atoms with Crippen molar-refractivity contribution in [1.29, 1.82) is 0 Å². The molecule has 0 aromatic rings. The van der Waals surface area contributed by atoms with E-state index in [1.54, 1.807) is 0 Å². The molecule has 0 saturated heterocycles. The van der Waals surface area contributed by atoms with E-state index >= 15 is 0 Å². The third-order valence-electron chi connectivity index (χ3n) is 2.80. The molecular formula is C16H30O6. The fourth-order valence-electron chi connectivity index (χ4n) is 1.66. The Morgan fingerprint density at radius 1 is 0.545 bits per heavy atom. The van der Waals surface area contributed by atoms with Gasteiger partial charge >= 0.3 is 11.9 Å². The molecule has 0 aliphatic heterocycles. The van der Waals surface area contributed by atoms with Crippen LogP contribution in [0, 0.1) is 0 Å². The largest absolute Gasteiger partial charge is 0.466 e. The van der Waals surface area contributed by atoms with Crippen molar-refractivity contribution in [3.63, 3.8) is 0 Å². The maximum atomic E-state index is 10.5. The molecule has 130 valence electrons. The van der Waals surface area contributed by atoms with Crippen LogP contribution < -0.4 is 0 Å². The van der Waals surface area contributed by atoms with Crippen LogP contribution in [-0.2, 0) is 28.5 Å². The fraction of sp³-hybridized carbons (Fsp3) is 0.875. The summed E-state index contributed by atoms with van der Waals surface area (Å²) in [6.07, 6.45) is 5.47. The smallest absolute Gasteiger partial charge is 0.302 e. The van der Waals surface area contributed by atoms with Gasteiger partial charge in [-0.1, -0.05) is 0 Å². The minimum Gasteiger partial charge on any atom is -0.466 e. The highest BCUT2D eigenvalue weighted by atomic mass is 16.5. The maximum Gasteiger partial charge on any atom is 0.302 e. The monoisotopic (exact) mass is 318 g/mol. The molecule has 0 atom stereocenters. The van der Waals surface area contributed by atoms with Crippen LogP contribution in [0.1, 0.15) is 52.4 Å². The van der Waals surface area contributed by atoms with E-state index in [0.717, 1.165) is 51.7 Å². The SMILES string of the molecule is CC(=O)OCCCCOCCCCOCCCCOC(C)=O. The molecule has 6 heteroatoms. The maximum absolute atomic E-state index is 10.5. The van der Waals surface area contributed by atoms with Gasteiger partial charge in [0.15, 0.2) is 0 Å². The summed E-state index contributed by atoms with van der Waals surface area (Å²) in [5.74, 6) is -0.459. The third-order valence-corrected chi connectivity index (χ3v) is 2.80. The third kappa shape index (κ3) is 18.9. The van der Waals surface area contributed by atoms with Crippen molar-refractivity contribution in [2.45, 2.75) is 52.4 Å². The Balaban J connectivity index is 2.99. The summed E-state index contributed by atoms with van der Waals surface area (Å²) in [4.78, 5) is 21.0. The first-order valence-corrected chi connectivity index (χ1v) is 8.05. The zero-order chi connectivity index (χ0) is 16.5. The molecule has 0 radical (unpaired) electrons. The average molecular weight is 318 g/mol. The number of unbranched alkanes of at least 4 members (excludes halogenated alkanes) is 3. The molecule has 0 heterocycles. The molecule has 0 aromatic heterocycles. The predicted molar refractivity (Wildman–Crippen MR) is 82.6 cm³/mol. The summed E-state index contributed by atoms with van der Waals surface area (Å²) in [5.41, 5.74) is 0. The summed E-state index contributed by atoms with van der Waals surface area (Å²) in [6.45, 7) is 6.67. The number of rotatable bonds is 15. The van der Waals surface area contributed by atoms with Crippen LogP contribution >= 0.6 is 0 Å². The van der Waals surface area contributed by atoms with Crippen molar-refractivity contribution < 1.29 is 28.5 Å². The van der Waals surface area contributed by atoms with Crippen LogP contribution in [0.4, 0.5) is 0 Å². The molecular weight excluding hydrogens is 288 g/mol. The zero-order valence-electron chi connectivity index (χ0n) is 13.9. The van der Waals surface area contributed by atoms with E-state index in [9.17, 15) is 9.59 Å². The van der Waals surface area contributed by atoms with Gasteiger partial charge in [0.25, 0.3) is 0 Å². The van der Waals surface area contributed by atoms with Crippen molar-refractivity contribution >= 4 is 11.9 Å². The molecule has 22 heavy (non-hydrogen) atoms. The van der Waals surface area contributed by atoms with E-state index in [1.807, 2.05) is 0 Å². The number of carbonyl (C=O) groups excluding carboxylic acids is 2. The normalized spacial score (nSPS) is 10.5. The number of ether oxygens (including phenoxy) is 4. The van der Waals surface area contributed by atoms with E-state index in [4.69, 9.17) is 18.9 Å². The highest BCUT2D eigenvalue weighted by Crippen LogP contribution is 1.97. The molecule has 0 aliphatic carbocycles. The van der Waals surface area contributed by atoms with E-state index < -0.39 is 0 Å². The van der Waals surface area contributed by atoms with Gasteiger partial charge < -0.3 is 18.9 Å². The number of hydrogen-bond acceptors (Lipinski definition) is 6. The Labute approximate surface area is 133 Å². The Bertz CT molecular complexity index is 252. The van der Waals surface area contributed by atoms with Crippen LogP contribution in [0.2, 0.25) is 0 Å². The van der Waals surface area contributed by atoms with Crippen molar-refractivity contribution in [1.82, 2.24) is 0 Å². The topological polar surface area (TPSA) is 71.1 Å². The summed E-state index contributed by atoms with van der Waals surface area (Å²) >= 11 is 0. The van der Waals surface area contributed by atoms with Gasteiger partial charge in [0.1, 0.15) is 0 Å². The second-order valence-corrected chi connectivity index (χ2v) is 5.03. The van der Waals surface area contributed by atoms with Crippen LogP contribution in [0.25, 0.3) is 0 Å². The van der Waals surface area contributed by atoms with E-state index in [2.05, 4.69) is 0 Å². The van der Waals surface area contributed by atoms with Crippen molar-refractivity contribution in [2.24, 2.45) is 0 Å². The van der Waals surface area contributed by atoms with Gasteiger partial charge in [0.2, 0.25) is 0 Å². The number of carbonyl (C=O) groups is 2. The van der Waals surface area contributed by atoms with Gasteiger partial charge in [-0.15, -0.1) is 0 Å². The highest BCUT2D eigenvalue weighted by Gasteiger charge is 1.96. The predicted octanol–water partition coefficient (Wildman–Crippen LogP) is 2.49. The van der Waals surface area contributed by atoms with E-state index in [1.165, 1.54) is 13.8 Å². The standard InChI is InChI=1S/C16H30O6/c1-15(17)21-13-7-5-11-19-9-3-4-10-20-12-6-8-14-22-16(2)18/h3-14H2,1-2H3. The van der Waals surface area contributed by atoms with Gasteiger partial charge in [-0.25, -0.2) is 0 Å². The Kier molecular flexibility index (Phi) is 15.4. The van der Waals surface area contributed by atoms with Gasteiger partial charge in [-0.3, -0.25) is 9.59 Å². The quantitative estimate of drug-likeness (QED) is 0.341. The minimum atomic E-state index is -0.229. The molecule has 0 amide bonds. The Morgan fingerprint density at radius 2 is 0.818 bits per heavy atom. The van der Waals surface area contributed by atoms with Gasteiger partial charge in [0, 0.05) is 40.3 Å². The lowest BCUT2D eigenvalue weighted by Crippen LogP contribution is -2.04. The molecule has 0 bridgehead atoms. The molecule has 6 nitrogen and oxygen atoms in total. The van der Waals surface area contributed by atoms with Gasteiger partial charge in [-0.2, -0.15) is 0 Å². The lowest BCUT2D eigenvalue weighted by atomic mass is 10.3. The highest BCUT2D eigenvalue weighted by molar-refractivity contribution is 5.66. The van der Waals surface area contributed by atoms with Gasteiger partial charge in [-0.05, 0) is 38.5 Å². The van der Waals surface area contributed by atoms with E-state index in [-0.39, 0.29) is 11.9 Å². The molecule has 0 fully saturated rings. The van der Waals surface area contributed by atoms with Crippen LogP contribution in [0.3, 0.4) is 0 Å². The Hall–Kier alpha value is -1.14. The molecule has 0 unspecified atom stereocenters. The molecule has 0 aliphatic rings. The van der Waals surface area contributed by atoms with Crippen LogP contribution in [0.5, 0.6) is 0 Å². The van der Waals surface area contributed by atoms with E-state index in [0.29, 0.717) is 26.4 Å². The molecule has 0 N–H and O–H groups in total. The van der Waals surface area contributed by atoms with Crippen molar-refractivity contribution in [3.8, 4) is 0 Å². The number of hydrogen-bond donors (Lipinski definition) is 0. The molecule has 0 spiro atoms. The van der Waals surface area contributed by atoms with Gasteiger partial charge in [0.05, 0.1) is 13.2 Å². The van der Waals surface area contributed by atoms with Crippen molar-refractivity contribution in [2.75, 3.05) is 39.6 Å². The second-order valence-electron chi connectivity index (χ2n) is 5.03. The number of esters is 2. The molecule has 0 saturated carbocycles. The first-order chi connectivity index (χ1) is 10.6. The summed E-state index contributed by atoms with van der Waals surface area (Å²) in [7, 11) is 0. The van der Waals surface area contributed by atoms with Crippen LogP contribution in [0.15, 0.2) is 0 Å².